The Morgan fingerprint density at radius 2 is 2.27 bits per heavy atom. The van der Waals surface area contributed by atoms with Gasteiger partial charge in [0, 0.05) is 19.2 Å². The van der Waals surface area contributed by atoms with E-state index in [1.54, 1.807) is 4.57 Å². The number of rotatable bonds is 0. The first-order valence-electron chi connectivity index (χ1n) is 4.95. The van der Waals surface area contributed by atoms with E-state index in [1.165, 1.54) is 6.07 Å². The summed E-state index contributed by atoms with van der Waals surface area (Å²) in [5.74, 6) is 0.711. The van der Waals surface area contributed by atoms with E-state index < -0.39 is 0 Å². The fourth-order valence-corrected chi connectivity index (χ4v) is 2.19. The van der Waals surface area contributed by atoms with Crippen LogP contribution in [0.1, 0.15) is 0 Å². The number of anilines is 1. The van der Waals surface area contributed by atoms with E-state index in [9.17, 15) is 9.59 Å². The summed E-state index contributed by atoms with van der Waals surface area (Å²) in [4.78, 5) is 27.0. The van der Waals surface area contributed by atoms with Crippen molar-refractivity contribution in [2.75, 3.05) is 24.6 Å². The third kappa shape index (κ3) is 1.29. The lowest BCUT2D eigenvalue weighted by atomic mass is 10.2. The second kappa shape index (κ2) is 2.96. The molecule has 0 aliphatic carbocycles. The normalized spacial score (nSPS) is 23.7. The van der Waals surface area contributed by atoms with Crippen molar-refractivity contribution in [2.24, 2.45) is 0 Å². The average molecular weight is 209 g/mol. The van der Waals surface area contributed by atoms with E-state index in [2.05, 4.69) is 4.98 Å². The van der Waals surface area contributed by atoms with E-state index in [1.807, 2.05) is 4.90 Å². The molecule has 0 saturated carbocycles. The van der Waals surface area contributed by atoms with Gasteiger partial charge in [-0.3, -0.25) is 14.3 Å². The van der Waals surface area contributed by atoms with Gasteiger partial charge in [0.2, 0.25) is 0 Å². The van der Waals surface area contributed by atoms with Crippen molar-refractivity contribution in [3.63, 3.8) is 0 Å². The zero-order valence-corrected chi connectivity index (χ0v) is 8.10. The molecule has 2 bridgehead atoms. The first-order chi connectivity index (χ1) is 7.24. The topological polar surface area (TPSA) is 67.3 Å². The van der Waals surface area contributed by atoms with Crippen LogP contribution in [0, 0.1) is 0 Å². The van der Waals surface area contributed by atoms with Crippen LogP contribution < -0.4 is 16.1 Å². The SMILES string of the molecule is O=c1cc2n(c(=O)[nH]1)C[C@@H]1CN2CCO1. The van der Waals surface area contributed by atoms with Crippen LogP contribution in [0.5, 0.6) is 0 Å². The van der Waals surface area contributed by atoms with Crippen LogP contribution in [0.2, 0.25) is 0 Å². The Labute approximate surface area is 85.1 Å². The molecule has 3 heterocycles. The molecule has 80 valence electrons. The molecule has 2 aliphatic heterocycles. The maximum atomic E-state index is 11.5. The molecule has 1 saturated heterocycles. The summed E-state index contributed by atoms with van der Waals surface area (Å²) >= 11 is 0. The molecular weight excluding hydrogens is 198 g/mol. The fraction of sp³-hybridized carbons (Fsp3) is 0.556. The van der Waals surface area contributed by atoms with Crippen LogP contribution in [0.3, 0.4) is 0 Å². The Morgan fingerprint density at radius 3 is 3.13 bits per heavy atom. The lowest BCUT2D eigenvalue weighted by Gasteiger charge is -2.40. The van der Waals surface area contributed by atoms with E-state index in [0.29, 0.717) is 19.0 Å². The largest absolute Gasteiger partial charge is 0.373 e. The third-order valence-electron chi connectivity index (χ3n) is 2.86. The lowest BCUT2D eigenvalue weighted by molar-refractivity contribution is 0.0197. The highest BCUT2D eigenvalue weighted by Gasteiger charge is 2.29. The van der Waals surface area contributed by atoms with Crippen molar-refractivity contribution in [3.8, 4) is 0 Å². The van der Waals surface area contributed by atoms with Gasteiger partial charge in [0.25, 0.3) is 5.56 Å². The number of aromatic nitrogens is 2. The predicted molar refractivity (Wildman–Crippen MR) is 53.3 cm³/mol. The zero-order chi connectivity index (χ0) is 10.4. The van der Waals surface area contributed by atoms with Crippen molar-refractivity contribution in [1.29, 1.82) is 0 Å². The number of hydrogen-bond acceptors (Lipinski definition) is 4. The minimum atomic E-state index is -0.349. The maximum Gasteiger partial charge on any atom is 0.329 e. The molecular formula is C9H11N3O3. The molecule has 1 aromatic rings. The maximum absolute atomic E-state index is 11.5. The minimum absolute atomic E-state index is 0.0647. The molecule has 3 rings (SSSR count). The first-order valence-corrected chi connectivity index (χ1v) is 4.95. The summed E-state index contributed by atoms with van der Waals surface area (Å²) in [7, 11) is 0. The molecule has 15 heavy (non-hydrogen) atoms. The molecule has 6 heteroatoms. The summed E-state index contributed by atoms with van der Waals surface area (Å²) in [6, 6.07) is 1.48. The number of morpholine rings is 1. The van der Waals surface area contributed by atoms with Crippen LogP contribution in [0.25, 0.3) is 0 Å². The van der Waals surface area contributed by atoms with Crippen LogP contribution >= 0.6 is 0 Å². The number of fused-ring (bicyclic) bond motifs is 4. The second-order valence-electron chi connectivity index (χ2n) is 3.85. The number of nitrogens with one attached hydrogen (secondary N) is 1. The summed E-state index contributed by atoms with van der Waals surface area (Å²) in [5, 5.41) is 0. The Balaban J connectivity index is 2.21. The standard InChI is InChI=1S/C9H11N3O3/c13-7-3-8-11-1-2-15-6(4-11)5-12(8)9(14)10-7/h3,6H,1-2,4-5H2,(H,10,13,14)/t6-/m0/s1. The van der Waals surface area contributed by atoms with Crippen molar-refractivity contribution < 1.29 is 4.74 Å². The quantitative estimate of drug-likeness (QED) is 0.580. The van der Waals surface area contributed by atoms with E-state index >= 15 is 0 Å². The van der Waals surface area contributed by atoms with Crippen LogP contribution in [-0.2, 0) is 11.3 Å². The number of ether oxygens (including phenoxy) is 1. The third-order valence-corrected chi connectivity index (χ3v) is 2.86. The Morgan fingerprint density at radius 1 is 1.40 bits per heavy atom. The summed E-state index contributed by atoms with van der Waals surface area (Å²) in [5.41, 5.74) is -0.686. The molecule has 0 radical (unpaired) electrons. The zero-order valence-electron chi connectivity index (χ0n) is 8.10. The Kier molecular flexibility index (Phi) is 1.72. The molecule has 1 N–H and O–H groups in total. The second-order valence-corrected chi connectivity index (χ2v) is 3.85. The van der Waals surface area contributed by atoms with Gasteiger partial charge in [-0.25, -0.2) is 4.79 Å². The predicted octanol–water partition coefficient (Wildman–Crippen LogP) is -1.24. The van der Waals surface area contributed by atoms with Gasteiger partial charge in [-0.1, -0.05) is 0 Å². The van der Waals surface area contributed by atoms with Crippen molar-refractivity contribution >= 4 is 5.82 Å². The van der Waals surface area contributed by atoms with Crippen molar-refractivity contribution in [2.45, 2.75) is 12.6 Å². The first kappa shape index (κ1) is 8.72. The molecule has 1 fully saturated rings. The molecule has 0 aromatic carbocycles. The fourth-order valence-electron chi connectivity index (χ4n) is 2.19. The van der Waals surface area contributed by atoms with Crippen molar-refractivity contribution in [1.82, 2.24) is 9.55 Å². The van der Waals surface area contributed by atoms with Gasteiger partial charge in [-0.2, -0.15) is 0 Å². The Bertz CT molecular complexity index is 504. The smallest absolute Gasteiger partial charge is 0.329 e. The van der Waals surface area contributed by atoms with E-state index in [4.69, 9.17) is 4.74 Å². The molecule has 2 aliphatic rings. The Hall–Kier alpha value is -1.56. The summed E-state index contributed by atoms with van der Waals surface area (Å²) in [6.45, 7) is 2.69. The number of hydrogen-bond donors (Lipinski definition) is 1. The highest BCUT2D eigenvalue weighted by molar-refractivity contribution is 5.40. The monoisotopic (exact) mass is 209 g/mol. The number of H-pyrrole nitrogens is 1. The highest BCUT2D eigenvalue weighted by atomic mass is 16.5. The summed E-state index contributed by atoms with van der Waals surface area (Å²) in [6.07, 6.45) is 0.0647. The van der Waals surface area contributed by atoms with Gasteiger partial charge in [-0.05, 0) is 0 Å². The van der Waals surface area contributed by atoms with Crippen LogP contribution in [-0.4, -0.2) is 35.4 Å². The van der Waals surface area contributed by atoms with Crippen LogP contribution in [0.15, 0.2) is 15.7 Å². The summed E-state index contributed by atoms with van der Waals surface area (Å²) < 4.78 is 7.06. The number of nitrogens with zero attached hydrogens (tertiary/aromatic N) is 2. The van der Waals surface area contributed by atoms with Gasteiger partial charge in [-0.15, -0.1) is 0 Å². The van der Waals surface area contributed by atoms with Crippen molar-refractivity contribution in [3.05, 3.63) is 26.9 Å². The minimum Gasteiger partial charge on any atom is -0.373 e. The van der Waals surface area contributed by atoms with Gasteiger partial charge in [0.1, 0.15) is 5.82 Å². The van der Waals surface area contributed by atoms with Crippen LogP contribution in [0.4, 0.5) is 5.82 Å². The lowest BCUT2D eigenvalue weighted by Crippen LogP contribution is -2.52. The molecule has 1 aromatic heterocycles. The van der Waals surface area contributed by atoms with E-state index in [0.717, 1.165) is 13.1 Å². The molecule has 0 spiro atoms. The van der Waals surface area contributed by atoms with Gasteiger partial charge in [0.15, 0.2) is 0 Å². The average Bonchev–Trinajstić information content (AvgIpc) is 2.21. The highest BCUT2D eigenvalue weighted by Crippen LogP contribution is 2.21. The molecule has 0 unspecified atom stereocenters. The molecule has 1 atom stereocenters. The van der Waals surface area contributed by atoms with Gasteiger partial charge >= 0.3 is 5.69 Å². The molecule has 0 amide bonds. The van der Waals surface area contributed by atoms with E-state index in [-0.39, 0.29) is 17.4 Å². The molecule has 6 nitrogen and oxygen atoms in total. The number of aromatic amines is 1. The van der Waals surface area contributed by atoms with Gasteiger partial charge in [0.05, 0.1) is 19.3 Å². The van der Waals surface area contributed by atoms with Gasteiger partial charge < -0.3 is 9.64 Å².